The summed E-state index contributed by atoms with van der Waals surface area (Å²) in [5.41, 5.74) is 9.14. The van der Waals surface area contributed by atoms with Crippen molar-refractivity contribution >= 4 is 0 Å². The molecule has 2 rings (SSSR count). The van der Waals surface area contributed by atoms with Crippen LogP contribution in [0.5, 0.6) is 0 Å². The van der Waals surface area contributed by atoms with E-state index in [4.69, 9.17) is 0 Å². The van der Waals surface area contributed by atoms with Crippen molar-refractivity contribution in [3.63, 3.8) is 0 Å². The molecular formula is C20H33N. The van der Waals surface area contributed by atoms with Gasteiger partial charge in [0, 0.05) is 6.04 Å². The molecule has 1 heteroatoms. The van der Waals surface area contributed by atoms with Crippen LogP contribution in [-0.2, 0) is 6.42 Å². The Balaban J connectivity index is 1.92. The summed E-state index contributed by atoms with van der Waals surface area (Å²) in [5, 5.41) is 3.63. The highest BCUT2D eigenvalue weighted by molar-refractivity contribution is 5.49. The van der Waals surface area contributed by atoms with Crippen molar-refractivity contribution < 1.29 is 0 Å². The van der Waals surface area contributed by atoms with Gasteiger partial charge in [-0.2, -0.15) is 0 Å². The molecule has 118 valence electrons. The van der Waals surface area contributed by atoms with Crippen molar-refractivity contribution in [3.05, 3.63) is 33.4 Å². The van der Waals surface area contributed by atoms with E-state index in [2.05, 4.69) is 46.9 Å². The molecule has 1 fully saturated rings. The Kier molecular flexibility index (Phi) is 5.48. The third kappa shape index (κ3) is 4.10. The predicted molar refractivity (Wildman–Crippen MR) is 93.3 cm³/mol. The lowest BCUT2D eigenvalue weighted by Gasteiger charge is -2.20. The van der Waals surface area contributed by atoms with Gasteiger partial charge < -0.3 is 5.32 Å². The summed E-state index contributed by atoms with van der Waals surface area (Å²) in [6, 6.07) is 0.851. The second-order valence-electron chi connectivity index (χ2n) is 7.26. The molecule has 1 aromatic rings. The fraction of sp³-hybridized carbons (Fsp3) is 0.700. The SMILES string of the molecule is Cc1c(C)c(C)c(CCC(C)CCNC2CC2)c(C)c1C. The molecule has 1 nitrogen and oxygen atoms in total. The van der Waals surface area contributed by atoms with Gasteiger partial charge in [0.05, 0.1) is 0 Å². The highest BCUT2D eigenvalue weighted by Gasteiger charge is 2.20. The van der Waals surface area contributed by atoms with Crippen molar-refractivity contribution in [1.82, 2.24) is 5.32 Å². The van der Waals surface area contributed by atoms with Gasteiger partial charge in [-0.15, -0.1) is 0 Å². The lowest BCUT2D eigenvalue weighted by molar-refractivity contribution is 0.468. The maximum Gasteiger partial charge on any atom is 0.00682 e. The number of hydrogen-bond acceptors (Lipinski definition) is 1. The van der Waals surface area contributed by atoms with Crippen LogP contribution in [0.25, 0.3) is 0 Å². The average molecular weight is 287 g/mol. The van der Waals surface area contributed by atoms with Gasteiger partial charge in [-0.05, 0) is 113 Å². The van der Waals surface area contributed by atoms with Crippen LogP contribution in [0.15, 0.2) is 0 Å². The summed E-state index contributed by atoms with van der Waals surface area (Å²) in [7, 11) is 0. The maximum absolute atomic E-state index is 3.63. The van der Waals surface area contributed by atoms with Crippen molar-refractivity contribution in [2.24, 2.45) is 5.92 Å². The summed E-state index contributed by atoms with van der Waals surface area (Å²) in [5.74, 6) is 0.817. The maximum atomic E-state index is 3.63. The molecule has 1 N–H and O–H groups in total. The largest absolute Gasteiger partial charge is 0.314 e. The number of rotatable bonds is 7. The van der Waals surface area contributed by atoms with E-state index in [0.717, 1.165) is 12.0 Å². The lowest BCUT2D eigenvalue weighted by Crippen LogP contribution is -2.19. The summed E-state index contributed by atoms with van der Waals surface area (Å²) in [4.78, 5) is 0. The Hall–Kier alpha value is -0.820. The van der Waals surface area contributed by atoms with E-state index in [0.29, 0.717) is 0 Å². The molecule has 0 aromatic heterocycles. The van der Waals surface area contributed by atoms with Crippen LogP contribution < -0.4 is 5.32 Å². The molecule has 1 aromatic carbocycles. The fourth-order valence-corrected chi connectivity index (χ4v) is 3.31. The Bertz CT molecular complexity index is 468. The van der Waals surface area contributed by atoms with Gasteiger partial charge in [0.15, 0.2) is 0 Å². The van der Waals surface area contributed by atoms with Crippen LogP contribution in [0.4, 0.5) is 0 Å². The molecule has 1 aliphatic carbocycles. The van der Waals surface area contributed by atoms with Crippen molar-refractivity contribution in [2.45, 2.75) is 79.7 Å². The topological polar surface area (TPSA) is 12.0 Å². The number of hydrogen-bond donors (Lipinski definition) is 1. The normalized spacial score (nSPS) is 16.3. The molecule has 0 spiro atoms. The van der Waals surface area contributed by atoms with E-state index < -0.39 is 0 Å². The Morgan fingerprint density at radius 1 is 0.857 bits per heavy atom. The van der Waals surface area contributed by atoms with E-state index in [9.17, 15) is 0 Å². The van der Waals surface area contributed by atoms with Gasteiger partial charge in [0.25, 0.3) is 0 Å². The molecule has 0 heterocycles. The van der Waals surface area contributed by atoms with Crippen molar-refractivity contribution in [2.75, 3.05) is 6.54 Å². The highest BCUT2D eigenvalue weighted by Crippen LogP contribution is 2.28. The van der Waals surface area contributed by atoms with Gasteiger partial charge >= 0.3 is 0 Å². The second kappa shape index (κ2) is 6.96. The van der Waals surface area contributed by atoms with Crippen LogP contribution in [0.2, 0.25) is 0 Å². The molecule has 0 aliphatic heterocycles. The monoisotopic (exact) mass is 287 g/mol. The Morgan fingerprint density at radius 3 is 1.90 bits per heavy atom. The van der Waals surface area contributed by atoms with Gasteiger partial charge in [0.1, 0.15) is 0 Å². The first kappa shape index (κ1) is 16.5. The van der Waals surface area contributed by atoms with Gasteiger partial charge in [-0.1, -0.05) is 6.92 Å². The first-order valence-electron chi connectivity index (χ1n) is 8.71. The van der Waals surface area contributed by atoms with Crippen molar-refractivity contribution in [1.29, 1.82) is 0 Å². The molecule has 1 unspecified atom stereocenters. The minimum Gasteiger partial charge on any atom is -0.314 e. The minimum absolute atomic E-state index is 0.817. The van der Waals surface area contributed by atoms with Gasteiger partial charge in [0.2, 0.25) is 0 Å². The minimum atomic E-state index is 0.817. The van der Waals surface area contributed by atoms with Crippen LogP contribution in [-0.4, -0.2) is 12.6 Å². The summed E-state index contributed by atoms with van der Waals surface area (Å²) < 4.78 is 0. The molecule has 0 radical (unpaired) electrons. The predicted octanol–water partition coefficient (Wildman–Crippen LogP) is 4.94. The first-order chi connectivity index (χ1) is 9.91. The molecular weight excluding hydrogens is 254 g/mol. The average Bonchev–Trinajstić information content (AvgIpc) is 3.27. The number of nitrogens with one attached hydrogen (secondary N) is 1. The van der Waals surface area contributed by atoms with E-state index in [1.807, 2.05) is 0 Å². The van der Waals surface area contributed by atoms with E-state index in [1.165, 1.54) is 66.5 Å². The molecule has 1 saturated carbocycles. The van der Waals surface area contributed by atoms with Gasteiger partial charge in [-0.25, -0.2) is 0 Å². The molecule has 1 atom stereocenters. The molecule has 0 amide bonds. The second-order valence-corrected chi connectivity index (χ2v) is 7.26. The Morgan fingerprint density at radius 2 is 1.38 bits per heavy atom. The quantitative estimate of drug-likeness (QED) is 0.749. The highest BCUT2D eigenvalue weighted by atomic mass is 14.9. The van der Waals surface area contributed by atoms with Crippen molar-refractivity contribution in [3.8, 4) is 0 Å². The van der Waals surface area contributed by atoms with Crippen LogP contribution in [0, 0.1) is 40.5 Å². The summed E-state index contributed by atoms with van der Waals surface area (Å²) in [6.45, 7) is 15.1. The van der Waals surface area contributed by atoms with Gasteiger partial charge in [-0.3, -0.25) is 0 Å². The fourth-order valence-electron chi connectivity index (χ4n) is 3.31. The van der Waals surface area contributed by atoms with E-state index in [1.54, 1.807) is 5.56 Å². The van der Waals surface area contributed by atoms with E-state index >= 15 is 0 Å². The van der Waals surface area contributed by atoms with Crippen LogP contribution in [0.3, 0.4) is 0 Å². The zero-order valence-electron chi connectivity index (χ0n) is 14.9. The first-order valence-corrected chi connectivity index (χ1v) is 8.71. The molecule has 1 aliphatic rings. The zero-order valence-corrected chi connectivity index (χ0v) is 14.9. The summed E-state index contributed by atoms with van der Waals surface area (Å²) >= 11 is 0. The third-order valence-electron chi connectivity index (χ3n) is 5.69. The zero-order chi connectivity index (χ0) is 15.6. The lowest BCUT2D eigenvalue weighted by atomic mass is 9.86. The Labute approximate surface area is 131 Å². The van der Waals surface area contributed by atoms with Crippen LogP contribution in [0.1, 0.15) is 66.0 Å². The third-order valence-corrected chi connectivity index (χ3v) is 5.69. The molecule has 0 bridgehead atoms. The number of benzene rings is 1. The standard InChI is InChI=1S/C20H33N/c1-13(11-12-21-19-8-9-19)7-10-20-17(5)15(3)14(2)16(4)18(20)6/h13,19,21H,7-12H2,1-6H3. The van der Waals surface area contributed by atoms with Crippen LogP contribution >= 0.6 is 0 Å². The molecule has 21 heavy (non-hydrogen) atoms. The summed E-state index contributed by atoms with van der Waals surface area (Å²) in [6.07, 6.45) is 6.67. The smallest absolute Gasteiger partial charge is 0.00682 e. The molecule has 0 saturated heterocycles. The van der Waals surface area contributed by atoms with E-state index in [-0.39, 0.29) is 0 Å².